The fraction of sp³-hybridized carbons (Fsp3) is 0.222. The Hall–Kier alpha value is -2.94. The Balaban J connectivity index is 1.72. The van der Waals surface area contributed by atoms with Crippen LogP contribution in [-0.2, 0) is 6.54 Å². The predicted octanol–water partition coefficient (Wildman–Crippen LogP) is 4.15. The van der Waals surface area contributed by atoms with Crippen LogP contribution in [-0.4, -0.2) is 27.3 Å². The number of rotatable bonds is 4. The van der Waals surface area contributed by atoms with Gasteiger partial charge in [0.1, 0.15) is 17.0 Å². The van der Waals surface area contributed by atoms with Gasteiger partial charge in [-0.05, 0) is 37.1 Å². The quantitative estimate of drug-likeness (QED) is 0.567. The molecule has 0 saturated carbocycles. The van der Waals surface area contributed by atoms with Gasteiger partial charge in [0, 0.05) is 11.9 Å². The second-order valence-electron chi connectivity index (χ2n) is 6.04. The summed E-state index contributed by atoms with van der Waals surface area (Å²) in [4.78, 5) is 9.44. The molecule has 0 aliphatic rings. The first-order chi connectivity index (χ1) is 13.0. The minimum absolute atomic E-state index is 0.196. The van der Waals surface area contributed by atoms with Crippen molar-refractivity contribution in [2.45, 2.75) is 20.4 Å². The molecule has 0 atom stereocenters. The molecule has 0 spiro atoms. The maximum Gasteiger partial charge on any atom is 0.190 e. The number of benzene rings is 1. The first-order valence-electron chi connectivity index (χ1n) is 8.12. The molecule has 9 heteroatoms. The molecule has 0 aliphatic carbocycles. The highest BCUT2D eigenvalue weighted by Gasteiger charge is 2.16. The third kappa shape index (κ3) is 2.93. The Kier molecular flexibility index (Phi) is 4.31. The largest absolute Gasteiger partial charge is 0.491 e. The summed E-state index contributed by atoms with van der Waals surface area (Å²) in [6.07, 6.45) is 1.46. The number of hydrogen-bond donors (Lipinski definition) is 1. The van der Waals surface area contributed by atoms with Crippen LogP contribution in [0.1, 0.15) is 16.8 Å². The van der Waals surface area contributed by atoms with E-state index >= 15 is 0 Å². The van der Waals surface area contributed by atoms with E-state index in [0.717, 1.165) is 31.7 Å². The predicted molar refractivity (Wildman–Crippen MR) is 100 cm³/mol. The lowest BCUT2D eigenvalue weighted by Crippen LogP contribution is -2.04. The van der Waals surface area contributed by atoms with Gasteiger partial charge >= 0.3 is 0 Å². The monoisotopic (exact) mass is 387 g/mol. The zero-order valence-corrected chi connectivity index (χ0v) is 15.6. The van der Waals surface area contributed by atoms with Crippen LogP contribution in [0.3, 0.4) is 0 Å². The second-order valence-corrected chi connectivity index (χ2v) is 7.04. The van der Waals surface area contributed by atoms with Crippen molar-refractivity contribution in [3.63, 3.8) is 0 Å². The van der Waals surface area contributed by atoms with Gasteiger partial charge in [0.15, 0.2) is 17.4 Å². The lowest BCUT2D eigenvalue weighted by molar-refractivity contribution is 0.359. The Morgan fingerprint density at radius 2 is 1.85 bits per heavy atom. The number of hydrogen-bond acceptors (Lipinski definition) is 7. The highest BCUT2D eigenvalue weighted by atomic mass is 32.1. The standard InChI is InChI=1S/C18H15F2N5OS/c1-8-9(2)24-25-18-13(8)14-16(27-18)17(23-7-22-14)21-6-10-4-11(19)15(26-3)12(20)5-10/h4-5,7H,6H2,1-3H3,(H,21,22,23). The molecule has 27 heavy (non-hydrogen) atoms. The molecule has 4 rings (SSSR count). The minimum atomic E-state index is -0.745. The number of thiophene rings is 1. The maximum atomic E-state index is 13.9. The molecule has 1 aromatic carbocycles. The third-order valence-corrected chi connectivity index (χ3v) is 5.45. The first kappa shape index (κ1) is 17.5. The van der Waals surface area contributed by atoms with E-state index in [0.29, 0.717) is 11.4 Å². The Labute approximate surface area is 157 Å². The van der Waals surface area contributed by atoms with E-state index in [4.69, 9.17) is 4.74 Å². The van der Waals surface area contributed by atoms with E-state index in [1.807, 2.05) is 13.8 Å². The summed E-state index contributed by atoms with van der Waals surface area (Å²) in [7, 11) is 1.23. The molecule has 138 valence electrons. The van der Waals surface area contributed by atoms with Crippen LogP contribution >= 0.6 is 11.3 Å². The first-order valence-corrected chi connectivity index (χ1v) is 8.94. The van der Waals surface area contributed by atoms with E-state index < -0.39 is 17.4 Å². The van der Waals surface area contributed by atoms with E-state index in [9.17, 15) is 8.78 Å². The molecule has 0 saturated heterocycles. The molecule has 4 aromatic rings. The number of methoxy groups -OCH3 is 1. The fourth-order valence-corrected chi connectivity index (χ4v) is 4.00. The SMILES string of the molecule is COc1c(F)cc(CNc2ncnc3c2sc2nnc(C)c(C)c23)cc1F. The van der Waals surface area contributed by atoms with Gasteiger partial charge in [0.25, 0.3) is 0 Å². The summed E-state index contributed by atoms with van der Waals surface area (Å²) in [6.45, 7) is 4.08. The molecule has 0 bridgehead atoms. The maximum absolute atomic E-state index is 13.9. The highest BCUT2D eigenvalue weighted by molar-refractivity contribution is 7.25. The van der Waals surface area contributed by atoms with Crippen molar-refractivity contribution in [1.82, 2.24) is 20.2 Å². The van der Waals surface area contributed by atoms with E-state index in [1.165, 1.54) is 36.9 Å². The summed E-state index contributed by atoms with van der Waals surface area (Å²) in [5, 5.41) is 12.5. The Morgan fingerprint density at radius 3 is 2.56 bits per heavy atom. The summed E-state index contributed by atoms with van der Waals surface area (Å²) >= 11 is 1.43. The summed E-state index contributed by atoms with van der Waals surface area (Å²) in [5.74, 6) is -1.30. The highest BCUT2D eigenvalue weighted by Crippen LogP contribution is 2.36. The van der Waals surface area contributed by atoms with E-state index in [-0.39, 0.29) is 6.54 Å². The number of nitrogens with zero attached hydrogens (tertiary/aromatic N) is 4. The van der Waals surface area contributed by atoms with Crippen LogP contribution in [0.25, 0.3) is 20.4 Å². The topological polar surface area (TPSA) is 72.8 Å². The smallest absolute Gasteiger partial charge is 0.190 e. The Bertz CT molecular complexity index is 1150. The molecule has 0 fully saturated rings. The van der Waals surface area contributed by atoms with Gasteiger partial charge in [-0.25, -0.2) is 18.7 Å². The number of nitrogens with one attached hydrogen (secondary N) is 1. The molecule has 3 heterocycles. The fourth-order valence-electron chi connectivity index (χ4n) is 2.90. The van der Waals surface area contributed by atoms with Gasteiger partial charge in [-0.1, -0.05) is 0 Å². The average molecular weight is 387 g/mol. The van der Waals surface area contributed by atoms with Crippen LogP contribution in [0.5, 0.6) is 5.75 Å². The van der Waals surface area contributed by atoms with Crippen molar-refractivity contribution in [2.75, 3.05) is 12.4 Å². The molecule has 0 radical (unpaired) electrons. The second kappa shape index (κ2) is 6.66. The molecule has 0 aliphatic heterocycles. The van der Waals surface area contributed by atoms with Crippen molar-refractivity contribution in [3.8, 4) is 5.75 Å². The van der Waals surface area contributed by atoms with Crippen LogP contribution in [0.4, 0.5) is 14.6 Å². The van der Waals surface area contributed by atoms with Crippen molar-refractivity contribution in [2.24, 2.45) is 0 Å². The Morgan fingerprint density at radius 1 is 1.11 bits per heavy atom. The number of anilines is 1. The molecular weight excluding hydrogens is 372 g/mol. The number of halogens is 2. The number of ether oxygens (including phenoxy) is 1. The zero-order valence-electron chi connectivity index (χ0n) is 14.8. The van der Waals surface area contributed by atoms with Crippen LogP contribution < -0.4 is 10.1 Å². The van der Waals surface area contributed by atoms with Crippen LogP contribution in [0.2, 0.25) is 0 Å². The molecule has 6 nitrogen and oxygen atoms in total. The van der Waals surface area contributed by atoms with Gasteiger partial charge in [-0.2, -0.15) is 5.10 Å². The minimum Gasteiger partial charge on any atom is -0.491 e. The molecule has 3 aromatic heterocycles. The summed E-state index contributed by atoms with van der Waals surface area (Å²) in [5.41, 5.74) is 3.09. The van der Waals surface area contributed by atoms with Crippen LogP contribution in [0.15, 0.2) is 18.5 Å². The van der Waals surface area contributed by atoms with Gasteiger partial charge in [0.2, 0.25) is 0 Å². The van der Waals surface area contributed by atoms with Crippen LogP contribution in [0, 0.1) is 25.5 Å². The lowest BCUT2D eigenvalue weighted by atomic mass is 10.1. The van der Waals surface area contributed by atoms with Crippen molar-refractivity contribution < 1.29 is 13.5 Å². The lowest BCUT2D eigenvalue weighted by Gasteiger charge is -2.09. The van der Waals surface area contributed by atoms with Crippen molar-refractivity contribution in [3.05, 3.63) is 46.9 Å². The zero-order chi connectivity index (χ0) is 19.1. The summed E-state index contributed by atoms with van der Waals surface area (Å²) in [6, 6.07) is 2.47. The molecular formula is C18H15F2N5OS. The summed E-state index contributed by atoms with van der Waals surface area (Å²) < 4.78 is 33.3. The number of fused-ring (bicyclic) bond motifs is 3. The van der Waals surface area contributed by atoms with Gasteiger partial charge < -0.3 is 10.1 Å². The van der Waals surface area contributed by atoms with Crippen molar-refractivity contribution in [1.29, 1.82) is 0 Å². The van der Waals surface area contributed by atoms with Gasteiger partial charge in [-0.3, -0.25) is 0 Å². The third-order valence-electron chi connectivity index (χ3n) is 4.38. The molecule has 0 amide bonds. The number of aromatic nitrogens is 4. The van der Waals surface area contributed by atoms with Gasteiger partial charge in [-0.15, -0.1) is 16.4 Å². The molecule has 0 unspecified atom stereocenters. The normalized spacial score (nSPS) is 11.3. The van der Waals surface area contributed by atoms with E-state index in [2.05, 4.69) is 25.5 Å². The van der Waals surface area contributed by atoms with Crippen molar-refractivity contribution >= 4 is 37.6 Å². The molecule has 1 N–H and O–H groups in total. The van der Waals surface area contributed by atoms with Gasteiger partial charge in [0.05, 0.1) is 23.0 Å². The number of aryl methyl sites for hydroxylation is 2. The average Bonchev–Trinajstić information content (AvgIpc) is 3.02. The van der Waals surface area contributed by atoms with E-state index in [1.54, 1.807) is 0 Å².